The van der Waals surface area contributed by atoms with Crippen molar-refractivity contribution in [2.45, 2.75) is 10.1 Å². The average molecular weight is 551 g/mol. The Balaban J connectivity index is 1.53. The molecule has 0 aliphatic heterocycles. The predicted octanol–water partition coefficient (Wildman–Crippen LogP) is 7.22. The number of carbonyl (C=O) groups excluding carboxylic acids is 2. The lowest BCUT2D eigenvalue weighted by Crippen LogP contribution is -2.19. The Kier molecular flexibility index (Phi) is 8.89. The Hall–Kier alpha value is -4.01. The van der Waals surface area contributed by atoms with Crippen LogP contribution in [0, 0.1) is 5.82 Å². The van der Waals surface area contributed by atoms with Crippen LogP contribution in [0.3, 0.4) is 0 Å². The Bertz CT molecular complexity index is 1430. The van der Waals surface area contributed by atoms with Gasteiger partial charge in [-0.25, -0.2) is 4.39 Å². The molecule has 0 saturated carbocycles. The highest BCUT2D eigenvalue weighted by molar-refractivity contribution is 8.00. The van der Waals surface area contributed by atoms with E-state index in [-0.39, 0.29) is 11.5 Å². The van der Waals surface area contributed by atoms with Gasteiger partial charge in [-0.1, -0.05) is 54.1 Å². The van der Waals surface area contributed by atoms with Crippen molar-refractivity contribution in [2.75, 3.05) is 24.9 Å². The first-order valence-electron chi connectivity index (χ1n) is 11.5. The number of thioether (sulfide) groups is 1. The number of nitrogens with one attached hydrogen (secondary N) is 2. The lowest BCUT2D eigenvalue weighted by atomic mass is 10.1. The molecule has 4 aromatic rings. The lowest BCUT2D eigenvalue weighted by Gasteiger charge is -2.19. The molecule has 0 fully saturated rings. The van der Waals surface area contributed by atoms with Crippen molar-refractivity contribution in [1.29, 1.82) is 0 Å². The molecule has 4 rings (SSSR count). The monoisotopic (exact) mass is 550 g/mol. The predicted molar refractivity (Wildman–Crippen MR) is 149 cm³/mol. The van der Waals surface area contributed by atoms with E-state index in [0.29, 0.717) is 27.9 Å². The smallest absolute Gasteiger partial charge is 0.258 e. The maximum Gasteiger partial charge on any atom is 0.258 e. The molecule has 0 aliphatic rings. The van der Waals surface area contributed by atoms with Crippen LogP contribution in [0.1, 0.15) is 21.2 Å². The summed E-state index contributed by atoms with van der Waals surface area (Å²) in [5, 5.41) is 5.33. The highest BCUT2D eigenvalue weighted by Crippen LogP contribution is 2.40. The molecule has 0 saturated heterocycles. The zero-order valence-electron chi connectivity index (χ0n) is 20.5. The van der Waals surface area contributed by atoms with E-state index in [0.717, 1.165) is 10.5 Å². The van der Waals surface area contributed by atoms with E-state index in [2.05, 4.69) is 10.6 Å². The minimum atomic E-state index is -0.611. The second-order valence-electron chi connectivity index (χ2n) is 8.04. The number of hydrogen-bond acceptors (Lipinski definition) is 5. The molecule has 0 aliphatic carbocycles. The number of benzene rings is 4. The number of ether oxygens (including phenoxy) is 2. The van der Waals surface area contributed by atoms with E-state index in [1.54, 1.807) is 42.5 Å². The molecule has 0 heterocycles. The molecule has 1 atom stereocenters. The summed E-state index contributed by atoms with van der Waals surface area (Å²) in [5.41, 5.74) is 1.67. The fourth-order valence-corrected chi connectivity index (χ4v) is 4.92. The van der Waals surface area contributed by atoms with Gasteiger partial charge in [-0.3, -0.25) is 9.59 Å². The van der Waals surface area contributed by atoms with Crippen LogP contribution in [-0.4, -0.2) is 26.0 Å². The van der Waals surface area contributed by atoms with E-state index in [9.17, 15) is 14.0 Å². The van der Waals surface area contributed by atoms with Gasteiger partial charge in [0, 0.05) is 16.6 Å². The van der Waals surface area contributed by atoms with Crippen molar-refractivity contribution in [1.82, 2.24) is 0 Å². The van der Waals surface area contributed by atoms with Gasteiger partial charge < -0.3 is 20.1 Å². The van der Waals surface area contributed by atoms with Crippen molar-refractivity contribution in [3.8, 4) is 11.5 Å². The van der Waals surface area contributed by atoms with Crippen molar-refractivity contribution >= 4 is 46.6 Å². The van der Waals surface area contributed by atoms with Gasteiger partial charge in [0.2, 0.25) is 5.91 Å². The second-order valence-corrected chi connectivity index (χ2v) is 9.63. The zero-order chi connectivity index (χ0) is 27.1. The molecule has 9 heteroatoms. The maximum absolute atomic E-state index is 13.9. The van der Waals surface area contributed by atoms with Crippen LogP contribution >= 0.6 is 23.4 Å². The average Bonchev–Trinajstić information content (AvgIpc) is 2.93. The van der Waals surface area contributed by atoms with Gasteiger partial charge in [0.05, 0.1) is 30.5 Å². The van der Waals surface area contributed by atoms with Gasteiger partial charge in [0.1, 0.15) is 22.6 Å². The van der Waals surface area contributed by atoms with Gasteiger partial charge in [0.15, 0.2) is 0 Å². The van der Waals surface area contributed by atoms with Crippen molar-refractivity contribution < 1.29 is 23.5 Å². The van der Waals surface area contributed by atoms with Gasteiger partial charge in [-0.2, -0.15) is 0 Å². The first-order chi connectivity index (χ1) is 18.4. The SMILES string of the molecule is COc1cc(OC)c(NC(=O)C(Sc2ccc(NC(=O)c3ccccc3F)cc2)c2ccccc2)cc1Cl. The van der Waals surface area contributed by atoms with Gasteiger partial charge in [0.25, 0.3) is 5.91 Å². The summed E-state index contributed by atoms with van der Waals surface area (Å²) in [7, 11) is 2.99. The third kappa shape index (κ3) is 6.45. The molecular weight excluding hydrogens is 527 g/mol. The summed E-state index contributed by atoms with van der Waals surface area (Å²) in [5.74, 6) is -0.581. The van der Waals surface area contributed by atoms with Crippen LogP contribution in [0.5, 0.6) is 11.5 Å². The largest absolute Gasteiger partial charge is 0.495 e. The van der Waals surface area contributed by atoms with Crippen LogP contribution in [0.4, 0.5) is 15.8 Å². The normalized spacial score (nSPS) is 11.4. The van der Waals surface area contributed by atoms with Crippen LogP contribution in [0.15, 0.2) is 95.9 Å². The number of methoxy groups -OCH3 is 2. The maximum atomic E-state index is 13.9. The van der Waals surface area contributed by atoms with E-state index >= 15 is 0 Å². The standard InChI is InChI=1S/C29H24ClFN2O4S/c1-36-25-17-26(37-2)24(16-22(25)30)33-29(35)27(18-8-4-3-5-9-18)38-20-14-12-19(13-15-20)32-28(34)21-10-6-7-11-23(21)31/h3-17,27H,1-2H3,(H,32,34)(H,33,35). The van der Waals surface area contributed by atoms with E-state index in [4.69, 9.17) is 21.1 Å². The number of carbonyl (C=O) groups is 2. The van der Waals surface area contributed by atoms with Crippen molar-refractivity contribution in [2.24, 2.45) is 0 Å². The molecule has 0 aromatic heterocycles. The molecule has 1 unspecified atom stereocenters. The summed E-state index contributed by atoms with van der Waals surface area (Å²) < 4.78 is 24.6. The summed E-state index contributed by atoms with van der Waals surface area (Å²) in [6.07, 6.45) is 0. The number of hydrogen-bond donors (Lipinski definition) is 2. The number of anilines is 2. The Morgan fingerprint density at radius 3 is 2.16 bits per heavy atom. The highest BCUT2D eigenvalue weighted by Gasteiger charge is 2.24. The molecular formula is C29H24ClFN2O4S. The lowest BCUT2D eigenvalue weighted by molar-refractivity contribution is -0.115. The number of rotatable bonds is 9. The second kappa shape index (κ2) is 12.5. The van der Waals surface area contributed by atoms with E-state index < -0.39 is 17.0 Å². The molecule has 6 nitrogen and oxygen atoms in total. The molecule has 194 valence electrons. The van der Waals surface area contributed by atoms with Crippen LogP contribution < -0.4 is 20.1 Å². The minimum absolute atomic E-state index is 0.0409. The Labute approximate surface area is 229 Å². The molecule has 0 spiro atoms. The van der Waals surface area contributed by atoms with Crippen LogP contribution in [0.25, 0.3) is 0 Å². The highest BCUT2D eigenvalue weighted by atomic mass is 35.5. The molecule has 2 N–H and O–H groups in total. The first kappa shape index (κ1) is 27.0. The quantitative estimate of drug-likeness (QED) is 0.215. The van der Waals surface area contributed by atoms with Crippen molar-refractivity contribution in [3.05, 3.63) is 113 Å². The molecule has 2 amide bonds. The fourth-order valence-electron chi connectivity index (χ4n) is 3.65. The molecule has 0 bridgehead atoms. The van der Waals surface area contributed by atoms with E-state index in [1.807, 2.05) is 30.3 Å². The Morgan fingerprint density at radius 2 is 1.50 bits per heavy atom. The van der Waals surface area contributed by atoms with Gasteiger partial charge in [-0.05, 0) is 48.0 Å². The number of amides is 2. The van der Waals surface area contributed by atoms with Gasteiger partial charge >= 0.3 is 0 Å². The minimum Gasteiger partial charge on any atom is -0.495 e. The molecule has 38 heavy (non-hydrogen) atoms. The first-order valence-corrected chi connectivity index (χ1v) is 12.7. The van der Waals surface area contributed by atoms with Crippen LogP contribution in [0.2, 0.25) is 5.02 Å². The zero-order valence-corrected chi connectivity index (χ0v) is 22.1. The topological polar surface area (TPSA) is 76.7 Å². The third-order valence-corrected chi connectivity index (χ3v) is 7.12. The van der Waals surface area contributed by atoms with Crippen molar-refractivity contribution in [3.63, 3.8) is 0 Å². The molecule has 0 radical (unpaired) electrons. The summed E-state index contributed by atoms with van der Waals surface area (Å²) in [6, 6.07) is 25.3. The summed E-state index contributed by atoms with van der Waals surface area (Å²) >= 11 is 7.62. The van der Waals surface area contributed by atoms with Crippen LogP contribution in [-0.2, 0) is 4.79 Å². The summed E-state index contributed by atoms with van der Waals surface area (Å²) in [6.45, 7) is 0. The molecule has 4 aromatic carbocycles. The fraction of sp³-hybridized carbons (Fsp3) is 0.103. The number of halogens is 2. The van der Waals surface area contributed by atoms with Gasteiger partial charge in [-0.15, -0.1) is 11.8 Å². The third-order valence-electron chi connectivity index (χ3n) is 5.56. The summed E-state index contributed by atoms with van der Waals surface area (Å²) in [4.78, 5) is 26.7. The van der Waals surface area contributed by atoms with E-state index in [1.165, 1.54) is 44.2 Å². The Morgan fingerprint density at radius 1 is 0.842 bits per heavy atom.